The van der Waals surface area contributed by atoms with E-state index in [-0.39, 0.29) is 6.61 Å². The minimum Gasteiger partial charge on any atom is -0.394 e. The number of hydrogen-bond donors (Lipinski definition) is 3. The molecule has 5 heteroatoms. The van der Waals surface area contributed by atoms with E-state index >= 15 is 0 Å². The van der Waals surface area contributed by atoms with Gasteiger partial charge >= 0.3 is 6.03 Å². The van der Waals surface area contributed by atoms with E-state index in [4.69, 9.17) is 0 Å². The smallest absolute Gasteiger partial charge is 0.319 e. The highest BCUT2D eigenvalue weighted by Crippen LogP contribution is 2.15. The summed E-state index contributed by atoms with van der Waals surface area (Å²) in [5, 5.41) is 14.6. The standard InChI is InChI=1S/C13H19FN2O2/c1-3-13(4-2,9-17)16-12(18)15-11-7-5-6-10(14)8-11/h5-8,17H,3-4,9H2,1-2H3,(H2,15,16,18). The number of amides is 2. The van der Waals surface area contributed by atoms with Crippen molar-refractivity contribution in [3.63, 3.8) is 0 Å². The van der Waals surface area contributed by atoms with Gasteiger partial charge in [-0.15, -0.1) is 0 Å². The maximum absolute atomic E-state index is 12.9. The van der Waals surface area contributed by atoms with Crippen molar-refractivity contribution in [3.8, 4) is 0 Å². The Labute approximate surface area is 106 Å². The number of aliphatic hydroxyl groups excluding tert-OH is 1. The zero-order chi connectivity index (χ0) is 13.6. The molecular formula is C13H19FN2O2. The molecule has 0 aromatic heterocycles. The van der Waals surface area contributed by atoms with E-state index in [0.717, 1.165) is 0 Å². The summed E-state index contributed by atoms with van der Waals surface area (Å²) in [6.45, 7) is 3.65. The number of halogens is 1. The monoisotopic (exact) mass is 254 g/mol. The van der Waals surface area contributed by atoms with Crippen LogP contribution in [0.1, 0.15) is 26.7 Å². The van der Waals surface area contributed by atoms with Gasteiger partial charge in [-0.2, -0.15) is 0 Å². The zero-order valence-electron chi connectivity index (χ0n) is 10.7. The Kier molecular flexibility index (Phi) is 5.09. The molecule has 1 aromatic carbocycles. The van der Waals surface area contributed by atoms with Gasteiger partial charge in [0.2, 0.25) is 0 Å². The summed E-state index contributed by atoms with van der Waals surface area (Å²) in [5.41, 5.74) is -0.247. The first-order valence-electron chi connectivity index (χ1n) is 6.01. The Hall–Kier alpha value is -1.62. The van der Waals surface area contributed by atoms with Crippen LogP contribution in [0.15, 0.2) is 24.3 Å². The second kappa shape index (κ2) is 6.35. The number of aliphatic hydroxyl groups is 1. The van der Waals surface area contributed by atoms with Gasteiger partial charge in [-0.05, 0) is 31.0 Å². The van der Waals surface area contributed by atoms with Gasteiger partial charge in [0.05, 0.1) is 12.1 Å². The van der Waals surface area contributed by atoms with E-state index in [9.17, 15) is 14.3 Å². The predicted octanol–water partition coefficient (Wildman–Crippen LogP) is 2.50. The average Bonchev–Trinajstić information content (AvgIpc) is 2.36. The van der Waals surface area contributed by atoms with E-state index in [1.165, 1.54) is 18.2 Å². The Balaban J connectivity index is 2.66. The van der Waals surface area contributed by atoms with Crippen molar-refractivity contribution in [2.45, 2.75) is 32.2 Å². The van der Waals surface area contributed by atoms with Crippen molar-refractivity contribution in [3.05, 3.63) is 30.1 Å². The van der Waals surface area contributed by atoms with Gasteiger partial charge in [-0.1, -0.05) is 19.9 Å². The van der Waals surface area contributed by atoms with Gasteiger partial charge in [-0.25, -0.2) is 9.18 Å². The summed E-state index contributed by atoms with van der Waals surface area (Å²) in [7, 11) is 0. The number of anilines is 1. The maximum Gasteiger partial charge on any atom is 0.319 e. The number of carbonyl (C=O) groups is 1. The lowest BCUT2D eigenvalue weighted by Crippen LogP contribution is -2.52. The lowest BCUT2D eigenvalue weighted by molar-refractivity contribution is 0.155. The highest BCUT2D eigenvalue weighted by atomic mass is 19.1. The molecule has 18 heavy (non-hydrogen) atoms. The topological polar surface area (TPSA) is 61.4 Å². The number of hydrogen-bond acceptors (Lipinski definition) is 2. The van der Waals surface area contributed by atoms with Crippen LogP contribution in [0, 0.1) is 5.82 Å². The molecule has 0 aliphatic carbocycles. The maximum atomic E-state index is 12.9. The van der Waals surface area contributed by atoms with Gasteiger partial charge in [0.15, 0.2) is 0 Å². The third kappa shape index (κ3) is 3.70. The zero-order valence-corrected chi connectivity index (χ0v) is 10.7. The third-order valence-corrected chi connectivity index (χ3v) is 3.12. The first-order valence-corrected chi connectivity index (χ1v) is 6.01. The average molecular weight is 254 g/mol. The quantitative estimate of drug-likeness (QED) is 0.756. The normalized spacial score (nSPS) is 11.1. The summed E-state index contributed by atoms with van der Waals surface area (Å²) in [5.74, 6) is -0.410. The Morgan fingerprint density at radius 1 is 1.39 bits per heavy atom. The summed E-state index contributed by atoms with van der Waals surface area (Å²) in [4.78, 5) is 11.8. The largest absolute Gasteiger partial charge is 0.394 e. The molecular weight excluding hydrogens is 235 g/mol. The fourth-order valence-electron chi connectivity index (χ4n) is 1.66. The second-order valence-electron chi connectivity index (χ2n) is 4.24. The SMILES string of the molecule is CCC(CC)(CO)NC(=O)Nc1cccc(F)c1. The van der Waals surface area contributed by atoms with Crippen LogP contribution in [0.2, 0.25) is 0 Å². The van der Waals surface area contributed by atoms with Crippen LogP contribution < -0.4 is 10.6 Å². The summed E-state index contributed by atoms with van der Waals surface area (Å²) in [6, 6.07) is 5.21. The molecule has 1 rings (SSSR count). The minimum absolute atomic E-state index is 0.128. The highest BCUT2D eigenvalue weighted by molar-refractivity contribution is 5.89. The van der Waals surface area contributed by atoms with Gasteiger partial charge in [-0.3, -0.25) is 0 Å². The molecule has 0 unspecified atom stereocenters. The van der Waals surface area contributed by atoms with E-state index < -0.39 is 17.4 Å². The summed E-state index contributed by atoms with van der Waals surface area (Å²) in [6.07, 6.45) is 1.24. The number of benzene rings is 1. The predicted molar refractivity (Wildman–Crippen MR) is 69.0 cm³/mol. The van der Waals surface area contributed by atoms with Gasteiger partial charge < -0.3 is 15.7 Å². The molecule has 0 heterocycles. The van der Waals surface area contributed by atoms with Gasteiger partial charge in [0, 0.05) is 5.69 Å². The molecule has 2 amide bonds. The molecule has 0 aliphatic rings. The van der Waals surface area contributed by atoms with E-state index in [0.29, 0.717) is 18.5 Å². The van der Waals surface area contributed by atoms with Crippen molar-refractivity contribution in [1.82, 2.24) is 5.32 Å². The van der Waals surface area contributed by atoms with Crippen molar-refractivity contribution >= 4 is 11.7 Å². The summed E-state index contributed by atoms with van der Waals surface area (Å²) < 4.78 is 12.9. The third-order valence-electron chi connectivity index (χ3n) is 3.12. The van der Waals surface area contributed by atoms with Crippen molar-refractivity contribution in [1.29, 1.82) is 0 Å². The fourth-order valence-corrected chi connectivity index (χ4v) is 1.66. The Bertz CT molecular complexity index is 397. The van der Waals surface area contributed by atoms with Crippen LogP contribution in [0.4, 0.5) is 14.9 Å². The molecule has 4 nitrogen and oxygen atoms in total. The molecule has 0 saturated carbocycles. The van der Waals surface area contributed by atoms with Gasteiger partial charge in [0.25, 0.3) is 0 Å². The van der Waals surface area contributed by atoms with Crippen LogP contribution in [-0.2, 0) is 0 Å². The number of nitrogens with one attached hydrogen (secondary N) is 2. The molecule has 0 aliphatic heterocycles. The lowest BCUT2D eigenvalue weighted by Gasteiger charge is -2.30. The van der Waals surface area contributed by atoms with Crippen LogP contribution in [0.25, 0.3) is 0 Å². The lowest BCUT2D eigenvalue weighted by atomic mass is 9.94. The van der Waals surface area contributed by atoms with E-state index in [1.54, 1.807) is 6.07 Å². The fraction of sp³-hybridized carbons (Fsp3) is 0.462. The summed E-state index contributed by atoms with van der Waals surface area (Å²) >= 11 is 0. The molecule has 0 bridgehead atoms. The molecule has 0 radical (unpaired) electrons. The minimum atomic E-state index is -0.628. The molecule has 100 valence electrons. The molecule has 3 N–H and O–H groups in total. The number of urea groups is 1. The van der Waals surface area contributed by atoms with Crippen LogP contribution in [0.5, 0.6) is 0 Å². The molecule has 0 atom stereocenters. The van der Waals surface area contributed by atoms with Crippen molar-refractivity contribution < 1.29 is 14.3 Å². The van der Waals surface area contributed by atoms with Crippen LogP contribution >= 0.6 is 0 Å². The van der Waals surface area contributed by atoms with Crippen molar-refractivity contribution in [2.75, 3.05) is 11.9 Å². The number of rotatable bonds is 5. The molecule has 0 fully saturated rings. The first-order chi connectivity index (χ1) is 8.55. The first kappa shape index (κ1) is 14.4. The Morgan fingerprint density at radius 3 is 2.56 bits per heavy atom. The van der Waals surface area contributed by atoms with E-state index in [1.807, 2.05) is 13.8 Å². The number of carbonyl (C=O) groups excluding carboxylic acids is 1. The van der Waals surface area contributed by atoms with Crippen molar-refractivity contribution in [2.24, 2.45) is 0 Å². The molecule has 0 spiro atoms. The van der Waals surface area contributed by atoms with Crippen LogP contribution in [-0.4, -0.2) is 23.3 Å². The second-order valence-corrected chi connectivity index (χ2v) is 4.24. The van der Waals surface area contributed by atoms with Gasteiger partial charge in [0.1, 0.15) is 5.82 Å². The molecule has 0 saturated heterocycles. The van der Waals surface area contributed by atoms with E-state index in [2.05, 4.69) is 10.6 Å². The highest BCUT2D eigenvalue weighted by Gasteiger charge is 2.27. The Morgan fingerprint density at radius 2 is 2.06 bits per heavy atom. The molecule has 1 aromatic rings. The van der Waals surface area contributed by atoms with Crippen LogP contribution in [0.3, 0.4) is 0 Å².